The summed E-state index contributed by atoms with van der Waals surface area (Å²) in [6.45, 7) is 4.27. The molecular weight excluding hydrogens is 218 g/mol. The van der Waals surface area contributed by atoms with E-state index in [0.717, 1.165) is 6.42 Å². The first-order valence-corrected chi connectivity index (χ1v) is 5.43. The number of pyridine rings is 1. The molecule has 0 atom stereocenters. The Balaban J connectivity index is 2.98. The molecule has 0 amide bonds. The molecule has 0 saturated heterocycles. The topological polar surface area (TPSA) is 77.2 Å². The van der Waals surface area contributed by atoms with Crippen molar-refractivity contribution in [3.8, 4) is 6.07 Å². The van der Waals surface area contributed by atoms with Crippen LogP contribution in [0.15, 0.2) is 12.1 Å². The van der Waals surface area contributed by atoms with Gasteiger partial charge in [0.05, 0.1) is 11.3 Å². The molecule has 0 aliphatic carbocycles. The van der Waals surface area contributed by atoms with Crippen molar-refractivity contribution in [2.45, 2.75) is 20.3 Å². The van der Waals surface area contributed by atoms with E-state index >= 15 is 0 Å². The van der Waals surface area contributed by atoms with Crippen LogP contribution in [0, 0.1) is 18.3 Å². The zero-order valence-corrected chi connectivity index (χ0v) is 9.97. The molecule has 90 valence electrons. The fourth-order valence-corrected chi connectivity index (χ4v) is 1.55. The van der Waals surface area contributed by atoms with E-state index in [1.54, 1.807) is 24.0 Å². The Morgan fingerprint density at radius 1 is 1.59 bits per heavy atom. The summed E-state index contributed by atoms with van der Waals surface area (Å²) in [5, 5.41) is 17.6. The first-order chi connectivity index (χ1) is 8.08. The number of hydrogen-bond donors (Lipinski definition) is 1. The maximum atomic E-state index is 10.7. The van der Waals surface area contributed by atoms with Crippen LogP contribution < -0.4 is 4.90 Å². The zero-order chi connectivity index (χ0) is 12.8. The van der Waals surface area contributed by atoms with Crippen molar-refractivity contribution in [3.05, 3.63) is 23.4 Å². The number of aliphatic carboxylic acids is 1. The zero-order valence-electron chi connectivity index (χ0n) is 9.97. The van der Waals surface area contributed by atoms with E-state index in [1.807, 2.05) is 13.0 Å². The number of carboxylic acids is 1. The van der Waals surface area contributed by atoms with Crippen LogP contribution in [-0.2, 0) is 4.79 Å². The Hall–Kier alpha value is -2.09. The maximum Gasteiger partial charge on any atom is 0.323 e. The van der Waals surface area contributed by atoms with E-state index in [4.69, 9.17) is 10.4 Å². The van der Waals surface area contributed by atoms with E-state index in [-0.39, 0.29) is 6.54 Å². The summed E-state index contributed by atoms with van der Waals surface area (Å²) in [6.07, 6.45) is 0.841. The molecule has 0 bridgehead atoms. The molecule has 1 rings (SSSR count). The Kier molecular flexibility index (Phi) is 4.46. The molecule has 17 heavy (non-hydrogen) atoms. The van der Waals surface area contributed by atoms with Gasteiger partial charge in [0.15, 0.2) is 0 Å². The van der Waals surface area contributed by atoms with Crippen LogP contribution in [0.25, 0.3) is 0 Å². The minimum atomic E-state index is -0.887. The SMILES string of the molecule is CCCN(CC(=O)O)c1ccc(C#N)c(C)n1. The number of carbonyl (C=O) groups is 1. The van der Waals surface area contributed by atoms with Crippen LogP contribution in [-0.4, -0.2) is 29.1 Å². The van der Waals surface area contributed by atoms with Crippen molar-refractivity contribution in [1.82, 2.24) is 4.98 Å². The summed E-state index contributed by atoms with van der Waals surface area (Å²) in [7, 11) is 0. The normalized spacial score (nSPS) is 9.71. The van der Waals surface area contributed by atoms with E-state index in [1.165, 1.54) is 0 Å². The van der Waals surface area contributed by atoms with Gasteiger partial charge >= 0.3 is 5.97 Å². The summed E-state index contributed by atoms with van der Waals surface area (Å²) in [6, 6.07) is 5.39. The van der Waals surface area contributed by atoms with Crippen molar-refractivity contribution >= 4 is 11.8 Å². The van der Waals surface area contributed by atoms with Gasteiger partial charge in [-0.25, -0.2) is 4.98 Å². The van der Waals surface area contributed by atoms with Gasteiger partial charge in [0.25, 0.3) is 0 Å². The van der Waals surface area contributed by atoms with Crippen LogP contribution in [0.5, 0.6) is 0 Å². The third-order valence-corrected chi connectivity index (χ3v) is 2.34. The molecule has 0 aromatic carbocycles. The van der Waals surface area contributed by atoms with Crippen molar-refractivity contribution in [2.24, 2.45) is 0 Å². The van der Waals surface area contributed by atoms with Gasteiger partial charge in [-0.05, 0) is 25.5 Å². The third kappa shape index (κ3) is 3.45. The smallest absolute Gasteiger partial charge is 0.323 e. The summed E-state index contributed by atoms with van der Waals surface area (Å²) in [5.74, 6) is -0.284. The molecule has 1 aromatic rings. The molecule has 0 saturated carbocycles. The molecule has 0 aliphatic rings. The fraction of sp³-hybridized carbons (Fsp3) is 0.417. The average molecular weight is 233 g/mol. The second kappa shape index (κ2) is 5.85. The van der Waals surface area contributed by atoms with Crippen LogP contribution >= 0.6 is 0 Å². The van der Waals surface area contributed by atoms with Crippen molar-refractivity contribution in [1.29, 1.82) is 5.26 Å². The molecule has 0 radical (unpaired) electrons. The summed E-state index contributed by atoms with van der Waals surface area (Å²) >= 11 is 0. The predicted molar refractivity (Wildman–Crippen MR) is 63.8 cm³/mol. The maximum absolute atomic E-state index is 10.7. The van der Waals surface area contributed by atoms with Gasteiger partial charge in [0, 0.05) is 6.54 Å². The highest BCUT2D eigenvalue weighted by Gasteiger charge is 2.12. The van der Waals surface area contributed by atoms with E-state index in [2.05, 4.69) is 4.98 Å². The van der Waals surface area contributed by atoms with Gasteiger partial charge < -0.3 is 10.0 Å². The lowest BCUT2D eigenvalue weighted by atomic mass is 10.2. The van der Waals surface area contributed by atoms with Crippen molar-refractivity contribution in [3.63, 3.8) is 0 Å². The average Bonchev–Trinajstić information content (AvgIpc) is 2.28. The summed E-state index contributed by atoms with van der Waals surface area (Å²) < 4.78 is 0. The molecule has 0 fully saturated rings. The molecule has 5 heteroatoms. The molecule has 1 heterocycles. The van der Waals surface area contributed by atoms with Crippen LogP contribution in [0.1, 0.15) is 24.6 Å². The van der Waals surface area contributed by atoms with Gasteiger partial charge in [0.2, 0.25) is 0 Å². The standard InChI is InChI=1S/C12H15N3O2/c1-3-6-15(8-12(16)17)11-5-4-10(7-13)9(2)14-11/h4-5H,3,6,8H2,1-2H3,(H,16,17). The van der Waals surface area contributed by atoms with Crippen molar-refractivity contribution in [2.75, 3.05) is 18.0 Å². The lowest BCUT2D eigenvalue weighted by Gasteiger charge is -2.21. The molecule has 5 nitrogen and oxygen atoms in total. The number of hydrogen-bond acceptors (Lipinski definition) is 4. The van der Waals surface area contributed by atoms with Gasteiger partial charge in [0.1, 0.15) is 18.4 Å². The highest BCUT2D eigenvalue weighted by molar-refractivity contribution is 5.73. The Morgan fingerprint density at radius 2 is 2.29 bits per heavy atom. The van der Waals surface area contributed by atoms with E-state index in [9.17, 15) is 4.79 Å². The highest BCUT2D eigenvalue weighted by Crippen LogP contribution is 2.14. The first kappa shape index (κ1) is 13.0. The number of aromatic nitrogens is 1. The molecule has 0 spiro atoms. The van der Waals surface area contributed by atoms with E-state index in [0.29, 0.717) is 23.6 Å². The van der Waals surface area contributed by atoms with Crippen LogP contribution in [0.4, 0.5) is 5.82 Å². The molecule has 1 aromatic heterocycles. The Morgan fingerprint density at radius 3 is 2.76 bits per heavy atom. The number of nitriles is 1. The summed E-state index contributed by atoms with van der Waals surface area (Å²) in [5.41, 5.74) is 1.14. The van der Waals surface area contributed by atoms with E-state index < -0.39 is 5.97 Å². The number of anilines is 1. The minimum Gasteiger partial charge on any atom is -0.480 e. The minimum absolute atomic E-state index is 0.0772. The summed E-state index contributed by atoms with van der Waals surface area (Å²) in [4.78, 5) is 16.7. The second-order valence-corrected chi connectivity index (χ2v) is 3.73. The quantitative estimate of drug-likeness (QED) is 0.835. The third-order valence-electron chi connectivity index (χ3n) is 2.34. The lowest BCUT2D eigenvalue weighted by molar-refractivity contribution is -0.135. The highest BCUT2D eigenvalue weighted by atomic mass is 16.4. The second-order valence-electron chi connectivity index (χ2n) is 3.73. The molecule has 0 unspecified atom stereocenters. The van der Waals surface area contributed by atoms with Gasteiger partial charge in [-0.1, -0.05) is 6.92 Å². The van der Waals surface area contributed by atoms with Gasteiger partial charge in [-0.2, -0.15) is 5.26 Å². The number of carboxylic acid groups (broad SMARTS) is 1. The van der Waals surface area contributed by atoms with Gasteiger partial charge in [-0.3, -0.25) is 4.79 Å². The number of nitrogens with zero attached hydrogens (tertiary/aromatic N) is 3. The monoisotopic (exact) mass is 233 g/mol. The van der Waals surface area contributed by atoms with Gasteiger partial charge in [-0.15, -0.1) is 0 Å². The Bertz CT molecular complexity index is 452. The molecular formula is C12H15N3O2. The molecule has 0 aliphatic heterocycles. The fourth-order valence-electron chi connectivity index (χ4n) is 1.55. The predicted octanol–water partition coefficient (Wildman–Crippen LogP) is 1.56. The largest absolute Gasteiger partial charge is 0.480 e. The van der Waals surface area contributed by atoms with Crippen LogP contribution in [0.3, 0.4) is 0 Å². The lowest BCUT2D eigenvalue weighted by Crippen LogP contribution is -2.31. The molecule has 1 N–H and O–H groups in total. The Labute approximate surface area is 100 Å². The first-order valence-electron chi connectivity index (χ1n) is 5.43. The van der Waals surface area contributed by atoms with Crippen LogP contribution in [0.2, 0.25) is 0 Å². The van der Waals surface area contributed by atoms with Crippen molar-refractivity contribution < 1.29 is 9.90 Å². The number of aryl methyl sites for hydroxylation is 1. The number of rotatable bonds is 5.